The van der Waals surface area contributed by atoms with Crippen LogP contribution in [0.25, 0.3) is 93.7 Å². The molecule has 226 valence electrons. The summed E-state index contributed by atoms with van der Waals surface area (Å²) in [4.78, 5) is 19.7. The molecular formula is C42H28N6. The Morgan fingerprint density at radius 3 is 1.75 bits per heavy atom. The average molecular weight is 617 g/mol. The van der Waals surface area contributed by atoms with Crippen molar-refractivity contribution in [2.24, 2.45) is 11.5 Å². The molecule has 9 aromatic rings. The number of rotatable bonds is 4. The fraction of sp³-hybridized carbons (Fsp3) is 0. The smallest absolute Gasteiger partial charge is 0.0972 e. The second-order valence-electron chi connectivity index (χ2n) is 11.9. The van der Waals surface area contributed by atoms with Crippen LogP contribution in [0, 0.1) is 0 Å². The van der Waals surface area contributed by atoms with Crippen molar-refractivity contribution in [3.05, 3.63) is 152 Å². The van der Waals surface area contributed by atoms with Crippen LogP contribution in [0.15, 0.2) is 146 Å². The van der Waals surface area contributed by atoms with E-state index in [1.54, 1.807) is 0 Å². The summed E-state index contributed by atoms with van der Waals surface area (Å²) in [6.07, 6.45) is 3.20. The maximum Gasteiger partial charge on any atom is 0.0972 e. The van der Waals surface area contributed by atoms with E-state index < -0.39 is 0 Å². The zero-order valence-electron chi connectivity index (χ0n) is 25.8. The third-order valence-corrected chi connectivity index (χ3v) is 9.10. The summed E-state index contributed by atoms with van der Waals surface area (Å²) >= 11 is 0. The molecule has 4 N–H and O–H groups in total. The Morgan fingerprint density at radius 2 is 1.06 bits per heavy atom. The molecule has 4 aromatic heterocycles. The summed E-state index contributed by atoms with van der Waals surface area (Å²) in [7, 11) is 0. The van der Waals surface area contributed by atoms with Gasteiger partial charge in [-0.3, -0.25) is 4.98 Å². The number of hydrogen-bond donors (Lipinski definition) is 2. The highest BCUT2D eigenvalue weighted by atomic mass is 14.8. The van der Waals surface area contributed by atoms with E-state index in [0.717, 1.165) is 88.0 Å². The van der Waals surface area contributed by atoms with Gasteiger partial charge < -0.3 is 11.5 Å². The van der Waals surface area contributed by atoms with E-state index in [1.807, 2.05) is 24.4 Å². The van der Waals surface area contributed by atoms with E-state index in [4.69, 9.17) is 26.4 Å². The van der Waals surface area contributed by atoms with Crippen molar-refractivity contribution in [2.75, 3.05) is 0 Å². The van der Waals surface area contributed by atoms with Gasteiger partial charge in [0.1, 0.15) is 0 Å². The lowest BCUT2D eigenvalue weighted by atomic mass is 9.95. The first kappa shape index (κ1) is 27.6. The summed E-state index contributed by atoms with van der Waals surface area (Å²) in [6, 6.07) is 46.1. The van der Waals surface area contributed by atoms with Crippen molar-refractivity contribution < 1.29 is 0 Å². The van der Waals surface area contributed by atoms with Crippen molar-refractivity contribution in [3.63, 3.8) is 0 Å². The van der Waals surface area contributed by atoms with E-state index in [1.165, 1.54) is 6.20 Å². The zero-order valence-corrected chi connectivity index (χ0v) is 25.8. The van der Waals surface area contributed by atoms with E-state index >= 15 is 0 Å². The highest BCUT2D eigenvalue weighted by Gasteiger charge is 2.14. The van der Waals surface area contributed by atoms with Gasteiger partial charge in [0.15, 0.2) is 0 Å². The molecule has 0 aliphatic heterocycles. The van der Waals surface area contributed by atoms with Gasteiger partial charge in [0.05, 0.1) is 44.8 Å². The summed E-state index contributed by atoms with van der Waals surface area (Å²) in [5, 5.41) is 6.51. The number of benzene rings is 5. The first-order chi connectivity index (χ1) is 23.6. The Bertz CT molecular complexity index is 2770. The van der Waals surface area contributed by atoms with Gasteiger partial charge in [0.25, 0.3) is 0 Å². The average Bonchev–Trinajstić information content (AvgIpc) is 3.16. The molecule has 0 fully saturated rings. The summed E-state index contributed by atoms with van der Waals surface area (Å²) in [6.45, 7) is 0. The van der Waals surface area contributed by atoms with Crippen molar-refractivity contribution in [1.82, 2.24) is 19.9 Å². The normalized spacial score (nSPS) is 12.0. The van der Waals surface area contributed by atoms with Crippen LogP contribution < -0.4 is 11.5 Å². The van der Waals surface area contributed by atoms with Gasteiger partial charge in [0, 0.05) is 45.1 Å². The van der Waals surface area contributed by atoms with E-state index in [2.05, 4.69) is 120 Å². The predicted molar refractivity (Wildman–Crippen MR) is 198 cm³/mol. The third kappa shape index (κ3) is 4.58. The molecule has 48 heavy (non-hydrogen) atoms. The summed E-state index contributed by atoms with van der Waals surface area (Å²) < 4.78 is 0. The molecule has 0 saturated carbocycles. The van der Waals surface area contributed by atoms with Gasteiger partial charge in [-0.15, -0.1) is 0 Å². The molecule has 0 atom stereocenters. The van der Waals surface area contributed by atoms with Gasteiger partial charge in [0.2, 0.25) is 0 Å². The Morgan fingerprint density at radius 1 is 0.500 bits per heavy atom. The van der Waals surface area contributed by atoms with E-state index in [9.17, 15) is 0 Å². The van der Waals surface area contributed by atoms with Gasteiger partial charge in [-0.05, 0) is 58.3 Å². The Hall–Kier alpha value is -6.66. The lowest BCUT2D eigenvalue weighted by Crippen LogP contribution is -2.01. The van der Waals surface area contributed by atoms with Crippen LogP contribution in [0.1, 0.15) is 5.69 Å². The third-order valence-electron chi connectivity index (χ3n) is 9.10. The fourth-order valence-electron chi connectivity index (χ4n) is 6.61. The largest absolute Gasteiger partial charge is 0.403 e. The van der Waals surface area contributed by atoms with Crippen LogP contribution in [0.3, 0.4) is 0 Å². The molecule has 0 aliphatic rings. The number of pyridine rings is 4. The molecule has 0 saturated heterocycles. The quantitative estimate of drug-likeness (QED) is 0.191. The van der Waals surface area contributed by atoms with Gasteiger partial charge in [-0.1, -0.05) is 97.1 Å². The van der Waals surface area contributed by atoms with Crippen LogP contribution in [-0.2, 0) is 0 Å². The molecule has 0 unspecified atom stereocenters. The van der Waals surface area contributed by atoms with Crippen molar-refractivity contribution in [1.29, 1.82) is 0 Å². The van der Waals surface area contributed by atoms with Crippen molar-refractivity contribution in [3.8, 4) is 33.6 Å². The van der Waals surface area contributed by atoms with Gasteiger partial charge in [-0.2, -0.15) is 0 Å². The standard InChI is InChI=1S/C42H28N6/c43-24-35(44)38-20-14-26-8-12-30(23-40(26)47-38)29-11-7-25-13-18-36(46-39(25)22-29)33-16-17-34(32-6-2-1-5-31(32)33)37-19-15-28-10-9-27-4-3-21-45-41(27)42(28)48-37/h1-24H,43-44H2/b35-24-. The number of fused-ring (bicyclic) bond motifs is 6. The van der Waals surface area contributed by atoms with Gasteiger partial charge >= 0.3 is 0 Å². The van der Waals surface area contributed by atoms with E-state index in [-0.39, 0.29) is 0 Å². The van der Waals surface area contributed by atoms with E-state index in [0.29, 0.717) is 11.4 Å². The molecule has 0 aliphatic carbocycles. The molecule has 4 heterocycles. The summed E-state index contributed by atoms with van der Waals surface area (Å²) in [5.41, 5.74) is 22.5. The summed E-state index contributed by atoms with van der Waals surface area (Å²) in [5.74, 6) is 0. The minimum absolute atomic E-state index is 0.449. The minimum Gasteiger partial charge on any atom is -0.403 e. The highest BCUT2D eigenvalue weighted by molar-refractivity contribution is 6.07. The Kier molecular flexibility index (Phi) is 6.33. The Balaban J connectivity index is 1.14. The maximum absolute atomic E-state index is 6.03. The van der Waals surface area contributed by atoms with Crippen LogP contribution in [0.5, 0.6) is 0 Å². The molecule has 0 radical (unpaired) electrons. The second-order valence-corrected chi connectivity index (χ2v) is 11.9. The van der Waals surface area contributed by atoms with Crippen LogP contribution in [-0.4, -0.2) is 19.9 Å². The lowest BCUT2D eigenvalue weighted by molar-refractivity contribution is 1.31. The highest BCUT2D eigenvalue weighted by Crippen LogP contribution is 2.36. The number of nitrogens with zero attached hydrogens (tertiary/aromatic N) is 4. The van der Waals surface area contributed by atoms with Crippen molar-refractivity contribution >= 4 is 60.1 Å². The van der Waals surface area contributed by atoms with Crippen LogP contribution in [0.2, 0.25) is 0 Å². The van der Waals surface area contributed by atoms with Crippen molar-refractivity contribution in [2.45, 2.75) is 0 Å². The lowest BCUT2D eigenvalue weighted by Gasteiger charge is -2.13. The zero-order chi connectivity index (χ0) is 32.2. The van der Waals surface area contributed by atoms with Crippen LogP contribution >= 0.6 is 0 Å². The molecule has 0 spiro atoms. The second kappa shape index (κ2) is 11.0. The minimum atomic E-state index is 0.449. The van der Waals surface area contributed by atoms with Gasteiger partial charge in [-0.25, -0.2) is 15.0 Å². The number of aromatic nitrogens is 4. The Labute approximate surface area is 276 Å². The molecule has 5 aromatic carbocycles. The first-order valence-electron chi connectivity index (χ1n) is 15.8. The molecular weight excluding hydrogens is 589 g/mol. The molecule has 6 nitrogen and oxygen atoms in total. The fourth-order valence-corrected chi connectivity index (χ4v) is 6.61. The maximum atomic E-state index is 6.03. The first-order valence-corrected chi connectivity index (χ1v) is 15.8. The SMILES string of the molecule is N/C=C(\N)c1ccc2ccc(-c3ccc4ccc(-c5ccc(-c6ccc7ccc8cccnc8c7n6)c6ccccc56)nc4c3)cc2n1. The molecule has 0 amide bonds. The number of hydrogen-bond acceptors (Lipinski definition) is 6. The molecule has 9 rings (SSSR count). The van der Waals surface area contributed by atoms with Crippen LogP contribution in [0.4, 0.5) is 0 Å². The molecule has 0 bridgehead atoms. The topological polar surface area (TPSA) is 104 Å². The predicted octanol–water partition coefficient (Wildman–Crippen LogP) is 9.25. The molecule has 6 heteroatoms. The monoisotopic (exact) mass is 616 g/mol. The number of nitrogens with two attached hydrogens (primary N) is 2.